The molecule has 1 saturated carbocycles. The molecule has 2 unspecified atom stereocenters. The van der Waals surface area contributed by atoms with Crippen molar-refractivity contribution in [3.05, 3.63) is 57.9 Å². The summed E-state index contributed by atoms with van der Waals surface area (Å²) in [7, 11) is 0. The van der Waals surface area contributed by atoms with Gasteiger partial charge >= 0.3 is 0 Å². The number of nitrogens with zero attached hydrogens (tertiary/aromatic N) is 4. The summed E-state index contributed by atoms with van der Waals surface area (Å²) in [5.74, 6) is 1.29. The van der Waals surface area contributed by atoms with Crippen molar-refractivity contribution in [2.24, 2.45) is 5.92 Å². The monoisotopic (exact) mass is 541 g/mol. The van der Waals surface area contributed by atoms with Crippen molar-refractivity contribution in [3.63, 3.8) is 0 Å². The summed E-state index contributed by atoms with van der Waals surface area (Å²) < 4.78 is 14.1. The number of aromatic nitrogens is 1. The number of amides is 1. The lowest BCUT2D eigenvalue weighted by Gasteiger charge is -2.42. The first kappa shape index (κ1) is 25.6. The molecule has 35 heavy (non-hydrogen) atoms. The molecule has 5 rings (SSSR count). The van der Waals surface area contributed by atoms with Gasteiger partial charge in [0.15, 0.2) is 0 Å². The van der Waals surface area contributed by atoms with Gasteiger partial charge in [0.25, 0.3) is 0 Å². The molecule has 3 aliphatic rings. The summed E-state index contributed by atoms with van der Waals surface area (Å²) in [6, 6.07) is 11.5. The molecular formula is C27H33BrFN5O. The Morgan fingerprint density at radius 2 is 2.06 bits per heavy atom. The highest BCUT2D eigenvalue weighted by atomic mass is 79.9. The van der Waals surface area contributed by atoms with Gasteiger partial charge in [-0.05, 0) is 70.9 Å². The lowest BCUT2D eigenvalue weighted by Crippen LogP contribution is -2.56. The molecule has 1 amide bonds. The Balaban J connectivity index is 0.00000141. The zero-order chi connectivity index (χ0) is 25.2. The summed E-state index contributed by atoms with van der Waals surface area (Å²) in [5.41, 5.74) is 1.49. The van der Waals surface area contributed by atoms with Gasteiger partial charge in [0.2, 0.25) is 5.91 Å². The van der Waals surface area contributed by atoms with Crippen molar-refractivity contribution in [1.82, 2.24) is 15.2 Å². The fourth-order valence-electron chi connectivity index (χ4n) is 5.45. The number of piperazine rings is 1. The van der Waals surface area contributed by atoms with Gasteiger partial charge in [-0.2, -0.15) is 5.26 Å². The van der Waals surface area contributed by atoms with E-state index in [4.69, 9.17) is 5.26 Å². The molecule has 2 saturated heterocycles. The third-order valence-electron chi connectivity index (χ3n) is 7.41. The van der Waals surface area contributed by atoms with Gasteiger partial charge in [0, 0.05) is 43.8 Å². The molecule has 1 aromatic carbocycles. The van der Waals surface area contributed by atoms with Crippen LogP contribution in [0.25, 0.3) is 0 Å². The highest BCUT2D eigenvalue weighted by Gasteiger charge is 2.46. The quantitative estimate of drug-likeness (QED) is 0.558. The number of halogens is 2. The number of hydrogen-bond donors (Lipinski definition) is 1. The van der Waals surface area contributed by atoms with E-state index in [1.165, 1.54) is 6.07 Å². The number of carbonyl (C=O) groups is 1. The van der Waals surface area contributed by atoms with Crippen LogP contribution in [0, 0.1) is 23.1 Å². The van der Waals surface area contributed by atoms with Gasteiger partial charge in [-0.15, -0.1) is 0 Å². The number of rotatable bonds is 6. The summed E-state index contributed by atoms with van der Waals surface area (Å²) in [4.78, 5) is 21.9. The van der Waals surface area contributed by atoms with E-state index in [1.54, 1.807) is 6.20 Å². The predicted octanol–water partition coefficient (Wildman–Crippen LogP) is 4.98. The molecule has 0 spiro atoms. The van der Waals surface area contributed by atoms with Crippen LogP contribution in [0.5, 0.6) is 0 Å². The SMILES string of the molecule is CC.C[C@@H]1CC2CN(C(=O)CCNC3(c4ccc(F)c(Br)c4)CC3)CC1N2c1ccc(C#N)cn1. The molecule has 3 fully saturated rings. The molecule has 2 aromatic rings. The van der Waals surface area contributed by atoms with E-state index >= 15 is 0 Å². The lowest BCUT2D eigenvalue weighted by atomic mass is 10.0. The second-order valence-corrected chi connectivity index (χ2v) is 10.4. The van der Waals surface area contributed by atoms with E-state index < -0.39 is 0 Å². The van der Waals surface area contributed by atoms with Crippen LogP contribution >= 0.6 is 15.9 Å². The normalized spacial score (nSPS) is 23.8. The topological polar surface area (TPSA) is 72.3 Å². The summed E-state index contributed by atoms with van der Waals surface area (Å²) >= 11 is 3.27. The first-order valence-electron chi connectivity index (χ1n) is 12.5. The summed E-state index contributed by atoms with van der Waals surface area (Å²) in [6.45, 7) is 8.26. The van der Waals surface area contributed by atoms with Crippen LogP contribution in [0.3, 0.4) is 0 Å². The Morgan fingerprint density at radius 3 is 2.66 bits per heavy atom. The average molecular weight is 542 g/mol. The smallest absolute Gasteiger partial charge is 0.223 e. The van der Waals surface area contributed by atoms with E-state index in [9.17, 15) is 9.18 Å². The van der Waals surface area contributed by atoms with Crippen molar-refractivity contribution < 1.29 is 9.18 Å². The molecule has 1 aromatic heterocycles. The largest absolute Gasteiger partial charge is 0.347 e. The molecule has 186 valence electrons. The van der Waals surface area contributed by atoms with Crippen LogP contribution in [-0.2, 0) is 10.3 Å². The van der Waals surface area contributed by atoms with Crippen molar-refractivity contribution >= 4 is 27.7 Å². The third-order valence-corrected chi connectivity index (χ3v) is 8.02. The second-order valence-electron chi connectivity index (χ2n) is 9.54. The van der Waals surface area contributed by atoms with Gasteiger partial charge in [-0.25, -0.2) is 9.37 Å². The molecule has 3 heterocycles. The van der Waals surface area contributed by atoms with Crippen molar-refractivity contribution in [1.29, 1.82) is 5.26 Å². The van der Waals surface area contributed by atoms with Crippen LogP contribution in [-0.4, -0.2) is 47.5 Å². The number of likely N-dealkylation sites (tertiary alicyclic amines) is 1. The third kappa shape index (κ3) is 5.22. The molecule has 6 nitrogen and oxygen atoms in total. The molecule has 1 N–H and O–H groups in total. The highest BCUT2D eigenvalue weighted by molar-refractivity contribution is 9.10. The van der Waals surface area contributed by atoms with Crippen LogP contribution in [0.1, 0.15) is 57.6 Å². The Morgan fingerprint density at radius 1 is 1.29 bits per heavy atom. The van der Waals surface area contributed by atoms with Crippen molar-refractivity contribution in [3.8, 4) is 6.07 Å². The van der Waals surface area contributed by atoms with Crippen LogP contribution in [0.2, 0.25) is 0 Å². The number of fused-ring (bicyclic) bond motifs is 2. The van der Waals surface area contributed by atoms with E-state index in [1.807, 2.05) is 43.0 Å². The molecule has 2 bridgehead atoms. The van der Waals surface area contributed by atoms with Gasteiger partial charge < -0.3 is 15.1 Å². The van der Waals surface area contributed by atoms with Gasteiger partial charge in [-0.3, -0.25) is 4.79 Å². The Kier molecular flexibility index (Phi) is 7.77. The fraction of sp³-hybridized carbons (Fsp3) is 0.519. The van der Waals surface area contributed by atoms with E-state index in [0.29, 0.717) is 42.0 Å². The molecule has 1 aliphatic carbocycles. The standard InChI is InChI=1S/C25H27BrFN5O.C2H6/c1-16-10-19-14-31(15-22(16)32(19)23-5-2-17(12-28)13-29-23)24(33)6-9-30-25(7-8-25)18-3-4-21(27)20(26)11-18;1-2/h2-5,11,13,16,19,22,30H,6-10,14-15H2,1H3;1-2H3/t16-,19?,22?;/m1./s1. The first-order valence-corrected chi connectivity index (χ1v) is 13.3. The van der Waals surface area contributed by atoms with Gasteiger partial charge in [0.1, 0.15) is 17.7 Å². The van der Waals surface area contributed by atoms with Crippen LogP contribution in [0.15, 0.2) is 41.0 Å². The van der Waals surface area contributed by atoms with E-state index in [2.05, 4.69) is 44.1 Å². The van der Waals surface area contributed by atoms with Gasteiger partial charge in [0.05, 0.1) is 16.1 Å². The predicted molar refractivity (Wildman–Crippen MR) is 138 cm³/mol. The van der Waals surface area contributed by atoms with E-state index in [-0.39, 0.29) is 29.3 Å². The molecule has 2 aliphatic heterocycles. The first-order chi connectivity index (χ1) is 16.9. The maximum atomic E-state index is 13.6. The van der Waals surface area contributed by atoms with Crippen LogP contribution in [0.4, 0.5) is 10.2 Å². The average Bonchev–Trinajstić information content (AvgIpc) is 3.63. The highest BCUT2D eigenvalue weighted by Crippen LogP contribution is 2.46. The number of benzene rings is 1. The van der Waals surface area contributed by atoms with Gasteiger partial charge in [-0.1, -0.05) is 26.8 Å². The second kappa shape index (κ2) is 10.6. The Bertz CT molecular complexity index is 1100. The van der Waals surface area contributed by atoms with Crippen LogP contribution < -0.4 is 10.2 Å². The summed E-state index contributed by atoms with van der Waals surface area (Å²) in [5, 5.41) is 12.6. The number of nitrogens with one attached hydrogen (secondary N) is 1. The van der Waals surface area contributed by atoms with Crippen molar-refractivity contribution in [2.45, 2.75) is 64.1 Å². The lowest BCUT2D eigenvalue weighted by molar-refractivity contribution is -0.132. The fourth-order valence-corrected chi connectivity index (χ4v) is 5.83. The van der Waals surface area contributed by atoms with Crippen molar-refractivity contribution in [2.75, 3.05) is 24.5 Å². The zero-order valence-corrected chi connectivity index (χ0v) is 22.2. The molecular weight excluding hydrogens is 509 g/mol. The maximum Gasteiger partial charge on any atom is 0.223 e. The zero-order valence-electron chi connectivity index (χ0n) is 20.6. The number of hydrogen-bond acceptors (Lipinski definition) is 5. The minimum Gasteiger partial charge on any atom is -0.347 e. The van der Waals surface area contributed by atoms with E-state index in [0.717, 1.165) is 30.6 Å². The number of pyridine rings is 1. The number of carbonyl (C=O) groups excluding carboxylic acids is 1. The maximum absolute atomic E-state index is 13.6. The number of anilines is 1. The molecule has 0 radical (unpaired) electrons. The summed E-state index contributed by atoms with van der Waals surface area (Å²) in [6.07, 6.45) is 5.11. The molecule has 3 atom stereocenters. The minimum absolute atomic E-state index is 0.135. The Labute approximate surface area is 215 Å². The minimum atomic E-state index is -0.260. The number of nitriles is 1. The Hall–Kier alpha value is -2.50. The molecule has 8 heteroatoms.